The number of carboxylic acids is 1. The van der Waals surface area contributed by atoms with E-state index in [9.17, 15) is 9.90 Å². The summed E-state index contributed by atoms with van der Waals surface area (Å²) in [5.74, 6) is -0.905. The Morgan fingerprint density at radius 1 is 0.950 bits per heavy atom. The van der Waals surface area contributed by atoms with E-state index in [4.69, 9.17) is 0 Å². The van der Waals surface area contributed by atoms with E-state index in [0.29, 0.717) is 12.2 Å². The van der Waals surface area contributed by atoms with Crippen LogP contribution in [0.3, 0.4) is 0 Å². The second kappa shape index (κ2) is 5.13. The molecule has 0 radical (unpaired) electrons. The number of aromatic nitrogens is 1. The maximum absolute atomic E-state index is 11.6. The summed E-state index contributed by atoms with van der Waals surface area (Å²) in [6.45, 7) is 0.549. The van der Waals surface area contributed by atoms with E-state index >= 15 is 0 Å². The van der Waals surface area contributed by atoms with Gasteiger partial charge in [-0.2, -0.15) is 4.57 Å². The number of carbonyl (C=O) groups is 1. The molecule has 98 valence electrons. The Kier molecular flexibility index (Phi) is 3.17. The molecule has 3 nitrogen and oxygen atoms in total. The fourth-order valence-corrected chi connectivity index (χ4v) is 2.41. The highest BCUT2D eigenvalue weighted by Crippen LogP contribution is 2.15. The Morgan fingerprint density at radius 2 is 1.65 bits per heavy atom. The molecule has 3 aromatic rings. The zero-order valence-corrected chi connectivity index (χ0v) is 10.9. The molecule has 0 aliphatic rings. The molecule has 0 aliphatic heterocycles. The van der Waals surface area contributed by atoms with Gasteiger partial charge in [0.2, 0.25) is 0 Å². The van der Waals surface area contributed by atoms with Crippen LogP contribution in [0.1, 0.15) is 16.1 Å². The zero-order chi connectivity index (χ0) is 13.9. The zero-order valence-electron chi connectivity index (χ0n) is 10.9. The molecule has 0 spiro atoms. The third-order valence-corrected chi connectivity index (χ3v) is 3.34. The van der Waals surface area contributed by atoms with Crippen LogP contribution in [-0.4, -0.2) is 11.1 Å². The first-order valence-corrected chi connectivity index (χ1v) is 6.44. The molecule has 1 aromatic heterocycles. The van der Waals surface area contributed by atoms with Crippen molar-refractivity contribution in [1.82, 2.24) is 0 Å². The van der Waals surface area contributed by atoms with Gasteiger partial charge in [-0.15, -0.1) is 0 Å². The van der Waals surface area contributed by atoms with Crippen molar-refractivity contribution >= 4 is 16.7 Å². The van der Waals surface area contributed by atoms with E-state index in [2.05, 4.69) is 0 Å². The first-order valence-electron chi connectivity index (χ1n) is 6.44. The van der Waals surface area contributed by atoms with Crippen molar-refractivity contribution in [1.29, 1.82) is 0 Å². The molecule has 0 unspecified atom stereocenters. The quantitative estimate of drug-likeness (QED) is 0.739. The summed E-state index contributed by atoms with van der Waals surface area (Å²) in [5.41, 5.74) is 1.40. The third-order valence-electron chi connectivity index (χ3n) is 3.34. The molecule has 0 saturated carbocycles. The van der Waals surface area contributed by atoms with Crippen LogP contribution in [0.2, 0.25) is 0 Å². The predicted molar refractivity (Wildman–Crippen MR) is 76.6 cm³/mol. The second-order valence-corrected chi connectivity index (χ2v) is 4.67. The number of hydrogen-bond acceptors (Lipinski definition) is 1. The second-order valence-electron chi connectivity index (χ2n) is 4.67. The topological polar surface area (TPSA) is 41.2 Å². The van der Waals surface area contributed by atoms with Crippen LogP contribution >= 0.6 is 0 Å². The van der Waals surface area contributed by atoms with Gasteiger partial charge in [0.05, 0.1) is 5.39 Å². The molecule has 0 bridgehead atoms. The van der Waals surface area contributed by atoms with Crippen LogP contribution in [0, 0.1) is 0 Å². The number of benzene rings is 2. The van der Waals surface area contributed by atoms with Crippen molar-refractivity contribution in [2.75, 3.05) is 0 Å². The lowest BCUT2D eigenvalue weighted by molar-refractivity contribution is -0.689. The van der Waals surface area contributed by atoms with Gasteiger partial charge in [-0.05, 0) is 11.5 Å². The Balaban J connectivity index is 2.15. The molecule has 2 aromatic carbocycles. The van der Waals surface area contributed by atoms with Gasteiger partial charge >= 0.3 is 5.97 Å². The minimum absolute atomic E-state index is 0.326. The monoisotopic (exact) mass is 264 g/mol. The molecule has 1 heterocycles. The molecule has 0 saturated heterocycles. The van der Waals surface area contributed by atoms with E-state index < -0.39 is 5.97 Å². The minimum Gasteiger partial charge on any atom is -0.473 e. The number of carboxylic acid groups (broad SMARTS) is 1. The maximum Gasteiger partial charge on any atom is 0.401 e. The Hall–Kier alpha value is -2.68. The summed E-state index contributed by atoms with van der Waals surface area (Å²) in [5, 5.41) is 11.2. The van der Waals surface area contributed by atoms with E-state index in [-0.39, 0.29) is 0 Å². The number of rotatable bonds is 3. The van der Waals surface area contributed by atoms with E-state index in [1.807, 2.05) is 66.9 Å². The minimum atomic E-state index is -0.905. The molecule has 1 N–H and O–H groups in total. The average Bonchev–Trinajstić information content (AvgIpc) is 2.47. The van der Waals surface area contributed by atoms with Crippen LogP contribution in [0.4, 0.5) is 0 Å². The predicted octanol–water partition coefficient (Wildman–Crippen LogP) is 2.87. The molecule has 3 heteroatoms. The van der Waals surface area contributed by atoms with Crippen molar-refractivity contribution in [3.63, 3.8) is 0 Å². The van der Waals surface area contributed by atoms with E-state index in [0.717, 1.165) is 16.3 Å². The average molecular weight is 264 g/mol. The summed E-state index contributed by atoms with van der Waals surface area (Å²) in [6.07, 6.45) is 1.83. The number of nitrogens with zero attached hydrogens (tertiary/aromatic N) is 1. The summed E-state index contributed by atoms with van der Waals surface area (Å²) >= 11 is 0. The third kappa shape index (κ3) is 2.26. The summed E-state index contributed by atoms with van der Waals surface area (Å²) < 4.78 is 1.78. The standard InChI is InChI=1S/C17H13NO2/c19-17(20)16-15-9-5-4-8-14(15)10-11-18(16)12-13-6-2-1-3-7-13/h1-11H,12H2/p+1. The van der Waals surface area contributed by atoms with Gasteiger partial charge in [-0.25, -0.2) is 4.79 Å². The van der Waals surface area contributed by atoms with Crippen LogP contribution in [0.25, 0.3) is 10.8 Å². The van der Waals surface area contributed by atoms with Crippen LogP contribution in [0.15, 0.2) is 66.9 Å². The van der Waals surface area contributed by atoms with Crippen LogP contribution < -0.4 is 4.57 Å². The normalized spacial score (nSPS) is 10.6. The van der Waals surface area contributed by atoms with Crippen molar-refractivity contribution in [2.45, 2.75) is 6.54 Å². The molecular formula is C17H14NO2+. The fourth-order valence-electron chi connectivity index (χ4n) is 2.41. The first-order chi connectivity index (χ1) is 9.75. The highest BCUT2D eigenvalue weighted by Gasteiger charge is 2.22. The molecule has 3 rings (SSSR count). The number of pyridine rings is 1. The Labute approximate surface area is 116 Å². The van der Waals surface area contributed by atoms with Gasteiger partial charge < -0.3 is 5.11 Å². The lowest BCUT2D eigenvalue weighted by atomic mass is 10.1. The van der Waals surface area contributed by atoms with Gasteiger partial charge in [-0.3, -0.25) is 0 Å². The Morgan fingerprint density at radius 3 is 2.40 bits per heavy atom. The first kappa shape index (κ1) is 12.4. The molecule has 0 amide bonds. The van der Waals surface area contributed by atoms with Gasteiger partial charge in [0.25, 0.3) is 5.69 Å². The van der Waals surface area contributed by atoms with E-state index in [1.54, 1.807) is 4.57 Å². The largest absolute Gasteiger partial charge is 0.473 e. The summed E-state index contributed by atoms with van der Waals surface area (Å²) in [7, 11) is 0. The number of fused-ring (bicyclic) bond motifs is 1. The SMILES string of the molecule is O=C(O)c1c2ccccc2cc[n+]1Cc1ccccc1. The van der Waals surface area contributed by atoms with Crippen molar-refractivity contribution in [3.8, 4) is 0 Å². The molecule has 0 fully saturated rings. The van der Waals surface area contributed by atoms with Crippen molar-refractivity contribution in [2.24, 2.45) is 0 Å². The molecule has 0 aliphatic carbocycles. The highest BCUT2D eigenvalue weighted by atomic mass is 16.4. The smallest absolute Gasteiger partial charge is 0.401 e. The number of hydrogen-bond donors (Lipinski definition) is 1. The molecule has 0 atom stereocenters. The Bertz CT molecular complexity index is 766. The van der Waals surface area contributed by atoms with Gasteiger partial charge in [-0.1, -0.05) is 48.5 Å². The lowest BCUT2D eigenvalue weighted by Gasteiger charge is -2.04. The van der Waals surface area contributed by atoms with Crippen LogP contribution in [0.5, 0.6) is 0 Å². The van der Waals surface area contributed by atoms with Gasteiger partial charge in [0.15, 0.2) is 12.7 Å². The highest BCUT2D eigenvalue weighted by molar-refractivity contribution is 6.00. The molecule has 20 heavy (non-hydrogen) atoms. The van der Waals surface area contributed by atoms with Crippen molar-refractivity contribution < 1.29 is 14.5 Å². The molecular weight excluding hydrogens is 250 g/mol. The van der Waals surface area contributed by atoms with Gasteiger partial charge in [0, 0.05) is 11.6 Å². The van der Waals surface area contributed by atoms with Crippen LogP contribution in [-0.2, 0) is 6.54 Å². The van der Waals surface area contributed by atoms with E-state index in [1.165, 1.54) is 0 Å². The summed E-state index contributed by atoms with van der Waals surface area (Å²) in [4.78, 5) is 11.6. The maximum atomic E-state index is 11.6. The summed E-state index contributed by atoms with van der Waals surface area (Å²) in [6, 6.07) is 19.3. The van der Waals surface area contributed by atoms with Crippen molar-refractivity contribution in [3.05, 3.63) is 78.1 Å². The lowest BCUT2D eigenvalue weighted by Crippen LogP contribution is -2.40. The fraction of sp³-hybridized carbons (Fsp3) is 0.0588. The number of aromatic carboxylic acids is 1. The van der Waals surface area contributed by atoms with Gasteiger partial charge in [0.1, 0.15) is 0 Å².